The summed E-state index contributed by atoms with van der Waals surface area (Å²) in [5.41, 5.74) is 2.55. The van der Waals surface area contributed by atoms with Gasteiger partial charge in [0.15, 0.2) is 11.5 Å². The molecule has 7 heteroatoms. The Morgan fingerprint density at radius 2 is 2.00 bits per heavy atom. The SMILES string of the molecule is CSCCC(NC(=O)c1ccc2c(c1)OCCCO2)c1nc2ccccc2n1C. The molecule has 1 unspecified atom stereocenters. The Kier molecular flexibility index (Phi) is 5.94. The lowest BCUT2D eigenvalue weighted by Crippen LogP contribution is -2.30. The Balaban J connectivity index is 1.60. The lowest BCUT2D eigenvalue weighted by Gasteiger charge is -2.19. The standard InChI is InChI=1S/C22H25N3O3S/c1-25-18-7-4-3-6-16(18)23-21(25)17(10-13-29-2)24-22(26)15-8-9-19-20(14-15)28-12-5-11-27-19/h3-4,6-9,14,17H,5,10-13H2,1-2H3,(H,24,26). The fourth-order valence-corrected chi connectivity index (χ4v) is 3.99. The molecule has 0 radical (unpaired) electrons. The number of thioether (sulfide) groups is 1. The molecule has 4 rings (SSSR count). The van der Waals surface area contributed by atoms with E-state index in [1.54, 1.807) is 23.9 Å². The van der Waals surface area contributed by atoms with E-state index in [0.717, 1.165) is 35.5 Å². The molecule has 1 aromatic heterocycles. The largest absolute Gasteiger partial charge is 0.490 e. The third-order valence-electron chi connectivity index (χ3n) is 5.06. The summed E-state index contributed by atoms with van der Waals surface area (Å²) in [5.74, 6) is 2.96. The summed E-state index contributed by atoms with van der Waals surface area (Å²) < 4.78 is 13.5. The first kappa shape index (κ1) is 19.6. The second-order valence-electron chi connectivity index (χ2n) is 7.04. The molecule has 0 saturated heterocycles. The van der Waals surface area contributed by atoms with Gasteiger partial charge in [-0.15, -0.1) is 0 Å². The van der Waals surface area contributed by atoms with E-state index in [9.17, 15) is 4.79 Å². The number of benzene rings is 2. The normalized spacial score (nSPS) is 14.4. The van der Waals surface area contributed by atoms with Gasteiger partial charge >= 0.3 is 0 Å². The Bertz CT molecular complexity index is 1020. The highest BCUT2D eigenvalue weighted by Gasteiger charge is 2.22. The quantitative estimate of drug-likeness (QED) is 0.665. The first-order valence-electron chi connectivity index (χ1n) is 9.78. The zero-order valence-electron chi connectivity index (χ0n) is 16.7. The molecule has 1 aliphatic rings. The first-order chi connectivity index (χ1) is 14.2. The molecule has 152 valence electrons. The van der Waals surface area contributed by atoms with Crippen LogP contribution in [0.25, 0.3) is 11.0 Å². The van der Waals surface area contributed by atoms with Gasteiger partial charge in [-0.25, -0.2) is 4.98 Å². The monoisotopic (exact) mass is 411 g/mol. The molecular formula is C22H25N3O3S. The van der Waals surface area contributed by atoms with Crippen LogP contribution in [0, 0.1) is 0 Å². The molecule has 0 aliphatic carbocycles. The minimum atomic E-state index is -0.177. The van der Waals surface area contributed by atoms with Crippen molar-refractivity contribution >= 4 is 28.7 Å². The van der Waals surface area contributed by atoms with Crippen molar-refractivity contribution in [2.24, 2.45) is 7.05 Å². The number of hydrogen-bond acceptors (Lipinski definition) is 5. The predicted octanol–water partition coefficient (Wildman–Crippen LogP) is 3.96. The van der Waals surface area contributed by atoms with Gasteiger partial charge in [-0.1, -0.05) is 12.1 Å². The fraction of sp³-hybridized carbons (Fsp3) is 0.364. The van der Waals surface area contributed by atoms with Crippen LogP contribution in [0.5, 0.6) is 11.5 Å². The highest BCUT2D eigenvalue weighted by atomic mass is 32.2. The van der Waals surface area contributed by atoms with E-state index in [2.05, 4.69) is 16.1 Å². The van der Waals surface area contributed by atoms with Crippen molar-refractivity contribution in [1.29, 1.82) is 0 Å². The van der Waals surface area contributed by atoms with Gasteiger partial charge in [-0.2, -0.15) is 11.8 Å². The van der Waals surface area contributed by atoms with E-state index in [4.69, 9.17) is 14.5 Å². The zero-order valence-corrected chi connectivity index (χ0v) is 17.5. The van der Waals surface area contributed by atoms with E-state index >= 15 is 0 Å². The van der Waals surface area contributed by atoms with Crippen molar-refractivity contribution in [1.82, 2.24) is 14.9 Å². The zero-order chi connectivity index (χ0) is 20.2. The molecule has 0 fully saturated rings. The number of aromatic nitrogens is 2. The third-order valence-corrected chi connectivity index (χ3v) is 5.70. The minimum absolute atomic E-state index is 0.140. The number of ether oxygens (including phenoxy) is 2. The number of aryl methyl sites for hydroxylation is 1. The van der Waals surface area contributed by atoms with Crippen molar-refractivity contribution in [2.45, 2.75) is 18.9 Å². The molecule has 1 N–H and O–H groups in total. The molecule has 6 nitrogen and oxygen atoms in total. The summed E-state index contributed by atoms with van der Waals surface area (Å²) in [5, 5.41) is 3.18. The summed E-state index contributed by atoms with van der Waals surface area (Å²) in [6, 6.07) is 13.2. The highest BCUT2D eigenvalue weighted by Crippen LogP contribution is 2.31. The second kappa shape index (κ2) is 8.78. The highest BCUT2D eigenvalue weighted by molar-refractivity contribution is 7.98. The number of rotatable bonds is 6. The van der Waals surface area contributed by atoms with Gasteiger partial charge in [-0.05, 0) is 48.8 Å². The number of amides is 1. The van der Waals surface area contributed by atoms with Crippen molar-refractivity contribution in [3.8, 4) is 11.5 Å². The Morgan fingerprint density at radius 1 is 1.21 bits per heavy atom. The lowest BCUT2D eigenvalue weighted by molar-refractivity contribution is 0.0933. The van der Waals surface area contributed by atoms with Crippen molar-refractivity contribution in [3.05, 3.63) is 53.9 Å². The average molecular weight is 412 g/mol. The maximum Gasteiger partial charge on any atom is 0.252 e. The van der Waals surface area contributed by atoms with E-state index in [1.165, 1.54) is 0 Å². The number of imidazole rings is 1. The molecule has 0 saturated carbocycles. The maximum atomic E-state index is 13.0. The Labute approximate surface area is 174 Å². The van der Waals surface area contributed by atoms with Crippen LogP contribution in [0.3, 0.4) is 0 Å². The summed E-state index contributed by atoms with van der Waals surface area (Å²) in [6.45, 7) is 1.22. The van der Waals surface area contributed by atoms with Crippen LogP contribution >= 0.6 is 11.8 Å². The van der Waals surface area contributed by atoms with Gasteiger partial charge in [0.1, 0.15) is 5.82 Å². The second-order valence-corrected chi connectivity index (χ2v) is 8.02. The summed E-state index contributed by atoms with van der Waals surface area (Å²) in [6.07, 6.45) is 3.70. The van der Waals surface area contributed by atoms with E-state index in [0.29, 0.717) is 30.3 Å². The van der Waals surface area contributed by atoms with E-state index in [-0.39, 0.29) is 11.9 Å². The number of carbonyl (C=O) groups is 1. The number of carbonyl (C=O) groups excluding carboxylic acids is 1. The van der Waals surface area contributed by atoms with Crippen LogP contribution in [0.2, 0.25) is 0 Å². The number of fused-ring (bicyclic) bond motifs is 2. The molecule has 1 aliphatic heterocycles. The maximum absolute atomic E-state index is 13.0. The van der Waals surface area contributed by atoms with Gasteiger partial charge < -0.3 is 19.4 Å². The van der Waals surface area contributed by atoms with Crippen LogP contribution in [0.1, 0.15) is 35.1 Å². The Morgan fingerprint density at radius 3 is 2.79 bits per heavy atom. The van der Waals surface area contributed by atoms with Crippen LogP contribution < -0.4 is 14.8 Å². The summed E-state index contributed by atoms with van der Waals surface area (Å²) >= 11 is 1.76. The van der Waals surface area contributed by atoms with Gasteiger partial charge in [0.05, 0.1) is 30.3 Å². The van der Waals surface area contributed by atoms with Crippen LogP contribution in [0.15, 0.2) is 42.5 Å². The van der Waals surface area contributed by atoms with Crippen molar-refractivity contribution in [2.75, 3.05) is 25.2 Å². The topological polar surface area (TPSA) is 65.4 Å². The van der Waals surface area contributed by atoms with E-state index in [1.807, 2.05) is 37.4 Å². The number of para-hydroxylation sites is 2. The molecular weight excluding hydrogens is 386 g/mol. The Hall–Kier alpha value is -2.67. The van der Waals surface area contributed by atoms with Crippen molar-refractivity contribution in [3.63, 3.8) is 0 Å². The van der Waals surface area contributed by atoms with Crippen molar-refractivity contribution < 1.29 is 14.3 Å². The fourth-order valence-electron chi connectivity index (χ4n) is 3.52. The molecule has 3 aromatic rings. The third kappa shape index (κ3) is 4.19. The first-order valence-corrected chi connectivity index (χ1v) is 11.2. The molecule has 1 atom stereocenters. The molecule has 1 amide bonds. The lowest BCUT2D eigenvalue weighted by atomic mass is 10.1. The van der Waals surface area contributed by atoms with Crippen LogP contribution in [0.4, 0.5) is 0 Å². The number of nitrogens with zero attached hydrogens (tertiary/aromatic N) is 2. The van der Waals surface area contributed by atoms with Crippen LogP contribution in [-0.2, 0) is 7.05 Å². The average Bonchev–Trinajstić information content (AvgIpc) is 2.91. The smallest absolute Gasteiger partial charge is 0.252 e. The molecule has 0 bridgehead atoms. The van der Waals surface area contributed by atoms with Gasteiger partial charge in [0.25, 0.3) is 5.91 Å². The summed E-state index contributed by atoms with van der Waals surface area (Å²) in [7, 11) is 2.00. The molecule has 29 heavy (non-hydrogen) atoms. The molecule has 0 spiro atoms. The van der Waals surface area contributed by atoms with Gasteiger partial charge in [-0.3, -0.25) is 4.79 Å². The molecule has 2 heterocycles. The van der Waals surface area contributed by atoms with Crippen LogP contribution in [-0.4, -0.2) is 40.7 Å². The number of hydrogen-bond donors (Lipinski definition) is 1. The summed E-state index contributed by atoms with van der Waals surface area (Å²) in [4.78, 5) is 17.8. The molecule has 2 aromatic carbocycles. The van der Waals surface area contributed by atoms with E-state index < -0.39 is 0 Å². The number of nitrogens with one attached hydrogen (secondary N) is 1. The van der Waals surface area contributed by atoms with Gasteiger partial charge in [0.2, 0.25) is 0 Å². The predicted molar refractivity (Wildman–Crippen MR) is 116 cm³/mol. The van der Waals surface area contributed by atoms with Gasteiger partial charge in [0, 0.05) is 19.0 Å². The minimum Gasteiger partial charge on any atom is -0.490 e.